The Bertz CT molecular complexity index is 693. The molecule has 1 aromatic carbocycles. The van der Waals surface area contributed by atoms with Crippen molar-refractivity contribution >= 4 is 23.7 Å². The van der Waals surface area contributed by atoms with Crippen molar-refractivity contribution < 1.29 is 24.3 Å². The van der Waals surface area contributed by atoms with Crippen LogP contribution in [0.1, 0.15) is 26.3 Å². The van der Waals surface area contributed by atoms with E-state index in [4.69, 9.17) is 5.73 Å². The fourth-order valence-corrected chi connectivity index (χ4v) is 2.48. The van der Waals surface area contributed by atoms with Crippen LogP contribution in [-0.2, 0) is 25.6 Å². The average Bonchev–Trinajstić information content (AvgIpc) is 2.65. The number of hydrogen-bond acceptors (Lipinski definition) is 5. The summed E-state index contributed by atoms with van der Waals surface area (Å²) < 4.78 is 0. The zero-order chi connectivity index (χ0) is 21.3. The van der Waals surface area contributed by atoms with Crippen LogP contribution in [0.15, 0.2) is 30.3 Å². The van der Waals surface area contributed by atoms with E-state index >= 15 is 0 Å². The van der Waals surface area contributed by atoms with E-state index in [1.165, 1.54) is 6.92 Å². The van der Waals surface area contributed by atoms with Crippen LogP contribution >= 0.6 is 0 Å². The number of carbonyl (C=O) groups is 4. The maximum absolute atomic E-state index is 12.6. The van der Waals surface area contributed by atoms with E-state index in [0.717, 1.165) is 5.56 Å². The monoisotopic (exact) mass is 392 g/mol. The van der Waals surface area contributed by atoms with Crippen molar-refractivity contribution in [3.63, 3.8) is 0 Å². The SMILES string of the molecule is CC(NC(=O)C(Cc1ccccc1)NC(=O)CN)C(=O)NC(C(=O)O)C(C)C. The van der Waals surface area contributed by atoms with Gasteiger partial charge in [-0.2, -0.15) is 0 Å². The van der Waals surface area contributed by atoms with E-state index in [0.29, 0.717) is 0 Å². The summed E-state index contributed by atoms with van der Waals surface area (Å²) in [5, 5.41) is 16.6. The van der Waals surface area contributed by atoms with Gasteiger partial charge in [0.15, 0.2) is 0 Å². The lowest BCUT2D eigenvalue weighted by Gasteiger charge is -2.23. The van der Waals surface area contributed by atoms with Crippen LogP contribution in [0, 0.1) is 5.92 Å². The minimum absolute atomic E-state index is 0.219. The fraction of sp³-hybridized carbons (Fsp3) is 0.474. The summed E-state index contributed by atoms with van der Waals surface area (Å²) in [7, 11) is 0. The predicted molar refractivity (Wildman–Crippen MR) is 103 cm³/mol. The maximum atomic E-state index is 12.6. The Morgan fingerprint density at radius 3 is 2.07 bits per heavy atom. The molecule has 0 fully saturated rings. The van der Waals surface area contributed by atoms with Crippen molar-refractivity contribution in [1.82, 2.24) is 16.0 Å². The van der Waals surface area contributed by atoms with Crippen LogP contribution in [0.25, 0.3) is 0 Å². The van der Waals surface area contributed by atoms with Gasteiger partial charge >= 0.3 is 5.97 Å². The van der Waals surface area contributed by atoms with Gasteiger partial charge < -0.3 is 26.8 Å². The molecule has 0 bridgehead atoms. The van der Waals surface area contributed by atoms with Crippen molar-refractivity contribution in [2.75, 3.05) is 6.54 Å². The fourth-order valence-electron chi connectivity index (χ4n) is 2.48. The van der Waals surface area contributed by atoms with Crippen LogP contribution in [-0.4, -0.2) is 53.5 Å². The second-order valence-corrected chi connectivity index (χ2v) is 6.81. The molecule has 154 valence electrons. The van der Waals surface area contributed by atoms with Gasteiger partial charge in [-0.25, -0.2) is 4.79 Å². The minimum Gasteiger partial charge on any atom is -0.480 e. The van der Waals surface area contributed by atoms with Crippen LogP contribution in [0.2, 0.25) is 0 Å². The quantitative estimate of drug-likeness (QED) is 0.359. The zero-order valence-electron chi connectivity index (χ0n) is 16.3. The van der Waals surface area contributed by atoms with Crippen molar-refractivity contribution in [2.45, 2.75) is 45.3 Å². The summed E-state index contributed by atoms with van der Waals surface area (Å²) in [6.45, 7) is 4.50. The summed E-state index contributed by atoms with van der Waals surface area (Å²) in [6, 6.07) is 6.10. The zero-order valence-corrected chi connectivity index (χ0v) is 16.3. The number of carboxylic acid groups (broad SMARTS) is 1. The first-order valence-corrected chi connectivity index (χ1v) is 9.02. The van der Waals surface area contributed by atoms with Crippen molar-refractivity contribution in [1.29, 1.82) is 0 Å². The number of nitrogens with two attached hydrogens (primary N) is 1. The summed E-state index contributed by atoms with van der Waals surface area (Å²) in [6.07, 6.45) is 0.219. The number of carboxylic acids is 1. The Hall–Kier alpha value is -2.94. The minimum atomic E-state index is -1.15. The lowest BCUT2D eigenvalue weighted by atomic mass is 10.0. The van der Waals surface area contributed by atoms with Gasteiger partial charge in [-0.1, -0.05) is 44.2 Å². The van der Waals surface area contributed by atoms with E-state index < -0.39 is 41.8 Å². The molecule has 3 amide bonds. The van der Waals surface area contributed by atoms with Gasteiger partial charge in [0, 0.05) is 6.42 Å². The Labute approximate surface area is 164 Å². The second kappa shape index (κ2) is 11.0. The number of aliphatic carboxylic acids is 1. The van der Waals surface area contributed by atoms with E-state index in [1.54, 1.807) is 13.8 Å². The lowest BCUT2D eigenvalue weighted by molar-refractivity contribution is -0.143. The Kier molecular flexibility index (Phi) is 9.10. The molecule has 0 aliphatic heterocycles. The highest BCUT2D eigenvalue weighted by Gasteiger charge is 2.28. The molecule has 0 heterocycles. The predicted octanol–water partition coefficient (Wildman–Crippen LogP) is -0.597. The summed E-state index contributed by atoms with van der Waals surface area (Å²) in [5.41, 5.74) is 6.13. The highest BCUT2D eigenvalue weighted by Crippen LogP contribution is 2.05. The molecule has 1 aromatic rings. The number of nitrogens with one attached hydrogen (secondary N) is 3. The van der Waals surface area contributed by atoms with Crippen molar-refractivity contribution in [3.8, 4) is 0 Å². The molecule has 0 saturated carbocycles. The number of carbonyl (C=O) groups excluding carboxylic acids is 3. The molecule has 0 saturated heterocycles. The van der Waals surface area contributed by atoms with Gasteiger partial charge in [-0.05, 0) is 18.4 Å². The normalized spacial score (nSPS) is 13.9. The molecular weight excluding hydrogens is 364 g/mol. The molecule has 0 radical (unpaired) electrons. The van der Waals surface area contributed by atoms with Crippen molar-refractivity contribution in [3.05, 3.63) is 35.9 Å². The van der Waals surface area contributed by atoms with E-state index in [-0.39, 0.29) is 18.9 Å². The third-order valence-electron chi connectivity index (χ3n) is 4.10. The number of rotatable bonds is 10. The molecule has 0 aliphatic rings. The Morgan fingerprint density at radius 2 is 1.57 bits per heavy atom. The molecule has 6 N–H and O–H groups in total. The molecule has 0 aromatic heterocycles. The molecule has 28 heavy (non-hydrogen) atoms. The molecule has 0 aliphatic carbocycles. The van der Waals surface area contributed by atoms with Gasteiger partial charge in [-0.15, -0.1) is 0 Å². The maximum Gasteiger partial charge on any atom is 0.326 e. The third-order valence-corrected chi connectivity index (χ3v) is 4.10. The van der Waals surface area contributed by atoms with Crippen molar-refractivity contribution in [2.24, 2.45) is 11.7 Å². The lowest BCUT2D eigenvalue weighted by Crippen LogP contribution is -2.56. The smallest absolute Gasteiger partial charge is 0.326 e. The number of amides is 3. The first-order chi connectivity index (χ1) is 13.1. The Morgan fingerprint density at radius 1 is 0.964 bits per heavy atom. The molecule has 1 rings (SSSR count). The highest BCUT2D eigenvalue weighted by atomic mass is 16.4. The van der Waals surface area contributed by atoms with Gasteiger partial charge in [-0.3, -0.25) is 14.4 Å². The highest BCUT2D eigenvalue weighted by molar-refractivity contribution is 5.93. The molecule has 0 spiro atoms. The average molecular weight is 392 g/mol. The van der Waals surface area contributed by atoms with Crippen LogP contribution in [0.4, 0.5) is 0 Å². The second-order valence-electron chi connectivity index (χ2n) is 6.81. The van der Waals surface area contributed by atoms with Crippen LogP contribution in [0.3, 0.4) is 0 Å². The third kappa shape index (κ3) is 7.36. The van der Waals surface area contributed by atoms with E-state index in [9.17, 15) is 24.3 Å². The van der Waals surface area contributed by atoms with E-state index in [1.807, 2.05) is 30.3 Å². The first-order valence-electron chi connectivity index (χ1n) is 9.02. The largest absolute Gasteiger partial charge is 0.480 e. The molecule has 9 nitrogen and oxygen atoms in total. The summed E-state index contributed by atoms with van der Waals surface area (Å²) in [4.78, 5) is 47.8. The summed E-state index contributed by atoms with van der Waals surface area (Å²) >= 11 is 0. The van der Waals surface area contributed by atoms with Crippen LogP contribution < -0.4 is 21.7 Å². The first kappa shape index (κ1) is 23.1. The van der Waals surface area contributed by atoms with Gasteiger partial charge in [0.05, 0.1) is 6.54 Å². The molecule has 3 atom stereocenters. The number of benzene rings is 1. The molecule has 3 unspecified atom stereocenters. The van der Waals surface area contributed by atoms with Gasteiger partial charge in [0.1, 0.15) is 18.1 Å². The summed E-state index contributed by atoms with van der Waals surface area (Å²) in [5.74, 6) is -3.17. The van der Waals surface area contributed by atoms with E-state index in [2.05, 4.69) is 16.0 Å². The van der Waals surface area contributed by atoms with Gasteiger partial charge in [0.25, 0.3) is 0 Å². The number of hydrogen-bond donors (Lipinski definition) is 5. The molecular formula is C19H28N4O5. The van der Waals surface area contributed by atoms with Crippen LogP contribution in [0.5, 0.6) is 0 Å². The topological polar surface area (TPSA) is 151 Å². The Balaban J connectivity index is 2.80. The van der Waals surface area contributed by atoms with Gasteiger partial charge in [0.2, 0.25) is 17.7 Å². The molecule has 9 heteroatoms. The standard InChI is InChI=1S/C19H28N4O5/c1-11(2)16(19(27)28)23-17(25)12(3)21-18(26)14(22-15(24)10-20)9-13-7-5-4-6-8-13/h4-8,11-12,14,16H,9-10,20H2,1-3H3,(H,21,26)(H,22,24)(H,23,25)(H,27,28).